The van der Waals surface area contributed by atoms with Gasteiger partial charge in [-0.2, -0.15) is 0 Å². The number of nitrogens with one attached hydrogen (secondary N) is 1. The molecule has 2 nitrogen and oxygen atoms in total. The van der Waals surface area contributed by atoms with E-state index in [9.17, 15) is 5.11 Å². The maximum atomic E-state index is 10.0. The summed E-state index contributed by atoms with van der Waals surface area (Å²) in [4.78, 5) is 0. The molecule has 1 heterocycles. The SMILES string of the molecule is OC1CC(C2CC2)Nc2c(Cl)cccc21. The smallest absolute Gasteiger partial charge is 0.0830 e. The Morgan fingerprint density at radius 1 is 1.33 bits per heavy atom. The lowest BCUT2D eigenvalue weighted by molar-refractivity contribution is 0.152. The van der Waals surface area contributed by atoms with Crippen LogP contribution in [0.5, 0.6) is 0 Å². The van der Waals surface area contributed by atoms with Gasteiger partial charge in [0.15, 0.2) is 0 Å². The minimum Gasteiger partial charge on any atom is -0.388 e. The molecule has 0 aromatic heterocycles. The fraction of sp³-hybridized carbons (Fsp3) is 0.500. The van der Waals surface area contributed by atoms with Gasteiger partial charge < -0.3 is 10.4 Å². The Morgan fingerprint density at radius 3 is 2.87 bits per heavy atom. The Balaban J connectivity index is 1.97. The lowest BCUT2D eigenvalue weighted by Crippen LogP contribution is -2.30. The molecule has 15 heavy (non-hydrogen) atoms. The van der Waals surface area contributed by atoms with E-state index in [1.807, 2.05) is 18.2 Å². The third-order valence-corrected chi connectivity index (χ3v) is 3.72. The van der Waals surface area contributed by atoms with Gasteiger partial charge >= 0.3 is 0 Å². The minimum atomic E-state index is -0.356. The molecular formula is C12H14ClNO. The summed E-state index contributed by atoms with van der Waals surface area (Å²) in [5.41, 5.74) is 1.88. The molecule has 0 bridgehead atoms. The van der Waals surface area contributed by atoms with Gasteiger partial charge in [0, 0.05) is 11.6 Å². The van der Waals surface area contributed by atoms with Crippen molar-refractivity contribution in [3.8, 4) is 0 Å². The summed E-state index contributed by atoms with van der Waals surface area (Å²) in [6.45, 7) is 0. The summed E-state index contributed by atoms with van der Waals surface area (Å²) < 4.78 is 0. The molecule has 80 valence electrons. The molecule has 1 saturated carbocycles. The molecule has 1 aromatic carbocycles. The molecule has 2 unspecified atom stereocenters. The van der Waals surface area contributed by atoms with Crippen molar-refractivity contribution in [3.05, 3.63) is 28.8 Å². The first kappa shape index (κ1) is 9.49. The lowest BCUT2D eigenvalue weighted by atomic mass is 9.93. The van der Waals surface area contributed by atoms with E-state index in [2.05, 4.69) is 5.32 Å². The van der Waals surface area contributed by atoms with E-state index in [0.29, 0.717) is 6.04 Å². The topological polar surface area (TPSA) is 32.3 Å². The van der Waals surface area contributed by atoms with Crippen molar-refractivity contribution in [1.82, 2.24) is 0 Å². The monoisotopic (exact) mass is 223 g/mol. The summed E-state index contributed by atoms with van der Waals surface area (Å²) in [5, 5.41) is 14.2. The highest BCUT2D eigenvalue weighted by Crippen LogP contribution is 2.44. The number of anilines is 1. The number of benzene rings is 1. The van der Waals surface area contributed by atoms with Crippen LogP contribution in [0, 0.1) is 5.92 Å². The van der Waals surface area contributed by atoms with Gasteiger partial charge in [0.2, 0.25) is 0 Å². The van der Waals surface area contributed by atoms with Gasteiger partial charge in [-0.1, -0.05) is 23.7 Å². The molecule has 0 radical (unpaired) electrons. The van der Waals surface area contributed by atoms with Crippen LogP contribution in [0.4, 0.5) is 5.69 Å². The zero-order valence-corrected chi connectivity index (χ0v) is 9.17. The Morgan fingerprint density at radius 2 is 2.13 bits per heavy atom. The zero-order valence-electron chi connectivity index (χ0n) is 8.41. The Bertz CT molecular complexity index is 389. The van der Waals surface area contributed by atoms with Crippen molar-refractivity contribution in [2.24, 2.45) is 5.92 Å². The molecule has 0 spiro atoms. The van der Waals surface area contributed by atoms with Crippen molar-refractivity contribution < 1.29 is 5.11 Å². The highest BCUT2D eigenvalue weighted by molar-refractivity contribution is 6.33. The predicted molar refractivity (Wildman–Crippen MR) is 61.2 cm³/mol. The van der Waals surface area contributed by atoms with Gasteiger partial charge in [-0.15, -0.1) is 0 Å². The maximum absolute atomic E-state index is 10.0. The van der Waals surface area contributed by atoms with E-state index in [0.717, 1.165) is 28.6 Å². The van der Waals surface area contributed by atoms with Crippen LogP contribution in [0.2, 0.25) is 5.02 Å². The van der Waals surface area contributed by atoms with Gasteiger partial charge in [0.05, 0.1) is 16.8 Å². The van der Waals surface area contributed by atoms with Crippen LogP contribution in [0.15, 0.2) is 18.2 Å². The summed E-state index contributed by atoms with van der Waals surface area (Å²) in [5.74, 6) is 0.740. The second-order valence-corrected chi connectivity index (χ2v) is 4.95. The maximum Gasteiger partial charge on any atom is 0.0830 e. The van der Waals surface area contributed by atoms with E-state index >= 15 is 0 Å². The summed E-state index contributed by atoms with van der Waals surface area (Å²) in [7, 11) is 0. The number of rotatable bonds is 1. The second-order valence-electron chi connectivity index (χ2n) is 4.54. The first-order valence-electron chi connectivity index (χ1n) is 5.48. The molecule has 1 aromatic rings. The number of fused-ring (bicyclic) bond motifs is 1. The van der Waals surface area contributed by atoms with E-state index < -0.39 is 0 Å². The van der Waals surface area contributed by atoms with E-state index in [4.69, 9.17) is 11.6 Å². The van der Waals surface area contributed by atoms with Gasteiger partial charge in [0.25, 0.3) is 0 Å². The first-order chi connectivity index (χ1) is 7.25. The third-order valence-electron chi connectivity index (χ3n) is 3.40. The molecule has 2 aliphatic rings. The van der Waals surface area contributed by atoms with Crippen LogP contribution in [0.3, 0.4) is 0 Å². The normalized spacial score (nSPS) is 29.5. The zero-order chi connectivity index (χ0) is 10.4. The largest absolute Gasteiger partial charge is 0.388 e. The van der Waals surface area contributed by atoms with Gasteiger partial charge in [-0.3, -0.25) is 0 Å². The first-order valence-corrected chi connectivity index (χ1v) is 5.86. The average Bonchev–Trinajstić information content (AvgIpc) is 3.02. The Labute approximate surface area is 94.3 Å². The molecule has 2 N–H and O–H groups in total. The van der Waals surface area contributed by atoms with Crippen molar-refractivity contribution in [2.45, 2.75) is 31.4 Å². The molecular weight excluding hydrogens is 210 g/mol. The van der Waals surface area contributed by atoms with Crippen molar-refractivity contribution in [1.29, 1.82) is 0 Å². The lowest BCUT2D eigenvalue weighted by Gasteiger charge is -2.31. The van der Waals surface area contributed by atoms with Crippen LogP contribution in [0.1, 0.15) is 30.9 Å². The van der Waals surface area contributed by atoms with Crippen LogP contribution < -0.4 is 5.32 Å². The van der Waals surface area contributed by atoms with Crippen LogP contribution in [-0.4, -0.2) is 11.1 Å². The third kappa shape index (κ3) is 1.62. The molecule has 2 atom stereocenters. The van der Waals surface area contributed by atoms with E-state index in [1.165, 1.54) is 12.8 Å². The van der Waals surface area contributed by atoms with Gasteiger partial charge in [0.1, 0.15) is 0 Å². The predicted octanol–water partition coefficient (Wildman–Crippen LogP) is 2.97. The molecule has 1 aliphatic carbocycles. The fourth-order valence-electron chi connectivity index (χ4n) is 2.39. The van der Waals surface area contributed by atoms with Crippen LogP contribution in [0.25, 0.3) is 0 Å². The van der Waals surface area contributed by atoms with E-state index in [-0.39, 0.29) is 6.10 Å². The molecule has 3 rings (SSSR count). The molecule has 0 saturated heterocycles. The van der Waals surface area contributed by atoms with Crippen LogP contribution in [-0.2, 0) is 0 Å². The Hall–Kier alpha value is -0.730. The number of hydrogen-bond acceptors (Lipinski definition) is 2. The van der Waals surface area contributed by atoms with Gasteiger partial charge in [-0.05, 0) is 31.2 Å². The molecule has 0 amide bonds. The number of halogens is 1. The summed E-state index contributed by atoms with van der Waals surface area (Å²) in [6.07, 6.45) is 3.03. The summed E-state index contributed by atoms with van der Waals surface area (Å²) in [6, 6.07) is 6.12. The highest BCUT2D eigenvalue weighted by atomic mass is 35.5. The number of hydrogen-bond donors (Lipinski definition) is 2. The second kappa shape index (κ2) is 3.39. The van der Waals surface area contributed by atoms with Crippen molar-refractivity contribution >= 4 is 17.3 Å². The molecule has 1 aliphatic heterocycles. The average molecular weight is 224 g/mol. The number of aliphatic hydroxyl groups is 1. The van der Waals surface area contributed by atoms with Crippen molar-refractivity contribution in [2.75, 3.05) is 5.32 Å². The fourth-order valence-corrected chi connectivity index (χ4v) is 2.63. The summed E-state index contributed by atoms with van der Waals surface area (Å²) >= 11 is 6.12. The number of para-hydroxylation sites is 1. The number of aliphatic hydroxyl groups excluding tert-OH is 1. The van der Waals surface area contributed by atoms with Crippen LogP contribution >= 0.6 is 11.6 Å². The highest BCUT2D eigenvalue weighted by Gasteiger charge is 2.36. The molecule has 1 fully saturated rings. The standard InChI is InChI=1S/C12H14ClNO/c13-9-3-1-2-8-11(15)6-10(7-4-5-7)14-12(8)9/h1-3,7,10-11,14-15H,4-6H2. The van der Waals surface area contributed by atoms with Gasteiger partial charge in [-0.25, -0.2) is 0 Å². The Kier molecular flexibility index (Phi) is 2.15. The quantitative estimate of drug-likeness (QED) is 0.767. The van der Waals surface area contributed by atoms with E-state index in [1.54, 1.807) is 0 Å². The molecule has 3 heteroatoms. The minimum absolute atomic E-state index is 0.356. The van der Waals surface area contributed by atoms with Crippen molar-refractivity contribution in [3.63, 3.8) is 0 Å².